The summed E-state index contributed by atoms with van der Waals surface area (Å²) in [6.45, 7) is 3.10. The zero-order chi connectivity index (χ0) is 12.3. The van der Waals surface area contributed by atoms with E-state index in [9.17, 15) is 5.11 Å². The molecule has 1 aromatic rings. The molecule has 1 N–H and O–H groups in total. The Bertz CT molecular complexity index is 376. The zero-order valence-electron chi connectivity index (χ0n) is 10.0. The van der Waals surface area contributed by atoms with Crippen molar-refractivity contribution in [3.8, 4) is 5.75 Å². The van der Waals surface area contributed by atoms with Gasteiger partial charge in [0.25, 0.3) is 0 Å². The van der Waals surface area contributed by atoms with Gasteiger partial charge in [-0.25, -0.2) is 0 Å². The molecule has 0 bridgehead atoms. The van der Waals surface area contributed by atoms with E-state index in [1.54, 1.807) is 13.2 Å². The van der Waals surface area contributed by atoms with Gasteiger partial charge in [0.2, 0.25) is 0 Å². The van der Waals surface area contributed by atoms with E-state index in [-0.39, 0.29) is 0 Å². The molecule has 0 unspecified atom stereocenters. The van der Waals surface area contributed by atoms with Crippen LogP contribution in [0.15, 0.2) is 22.7 Å². The second kappa shape index (κ2) is 5.85. The van der Waals surface area contributed by atoms with Crippen LogP contribution in [0.3, 0.4) is 0 Å². The first-order valence-corrected chi connectivity index (χ1v) is 6.71. The van der Waals surface area contributed by atoms with Gasteiger partial charge in [-0.05, 0) is 46.5 Å². The van der Waals surface area contributed by atoms with Gasteiger partial charge in [-0.3, -0.25) is 4.90 Å². The van der Waals surface area contributed by atoms with E-state index in [1.165, 1.54) is 5.56 Å². The lowest BCUT2D eigenvalue weighted by atomic mass is 10.1. The summed E-state index contributed by atoms with van der Waals surface area (Å²) < 4.78 is 6.12. The van der Waals surface area contributed by atoms with Crippen LogP contribution >= 0.6 is 15.9 Å². The molecule has 0 amide bonds. The molecule has 1 aromatic carbocycles. The Morgan fingerprint density at radius 1 is 1.41 bits per heavy atom. The number of likely N-dealkylation sites (tertiary alicyclic amines) is 1. The van der Waals surface area contributed by atoms with Crippen LogP contribution in [0.25, 0.3) is 0 Å². The van der Waals surface area contributed by atoms with Gasteiger partial charge < -0.3 is 9.84 Å². The molecule has 0 aliphatic carbocycles. The predicted molar refractivity (Wildman–Crippen MR) is 71.1 cm³/mol. The van der Waals surface area contributed by atoms with Crippen LogP contribution in [0.2, 0.25) is 0 Å². The van der Waals surface area contributed by atoms with Crippen molar-refractivity contribution < 1.29 is 9.84 Å². The van der Waals surface area contributed by atoms with Crippen LogP contribution in [0.1, 0.15) is 18.4 Å². The van der Waals surface area contributed by atoms with Gasteiger partial charge in [0.05, 0.1) is 10.6 Å². The first kappa shape index (κ1) is 12.9. The minimum atomic E-state index is 0.298. The normalized spacial score (nSPS) is 18.5. The van der Waals surface area contributed by atoms with Crippen molar-refractivity contribution in [2.45, 2.75) is 25.5 Å². The number of nitrogens with zero attached hydrogens (tertiary/aromatic N) is 1. The van der Waals surface area contributed by atoms with Crippen LogP contribution in [0.5, 0.6) is 5.75 Å². The molecule has 0 spiro atoms. The van der Waals surface area contributed by atoms with Crippen molar-refractivity contribution in [2.75, 3.05) is 20.2 Å². The highest BCUT2D eigenvalue weighted by atomic mass is 79.9. The molecule has 1 aliphatic heterocycles. The molecule has 0 saturated carbocycles. The number of rotatable bonds is 3. The van der Waals surface area contributed by atoms with Gasteiger partial charge in [-0.2, -0.15) is 0 Å². The Kier molecular flexibility index (Phi) is 4.42. The third-order valence-corrected chi connectivity index (χ3v) is 3.92. The highest BCUT2D eigenvalue weighted by Gasteiger charge is 2.18. The van der Waals surface area contributed by atoms with Gasteiger partial charge in [0.15, 0.2) is 0 Å². The van der Waals surface area contributed by atoms with Crippen LogP contribution in [-0.4, -0.2) is 36.3 Å². The molecule has 4 heteroatoms. The summed E-state index contributed by atoms with van der Waals surface area (Å²) in [4.78, 5) is 2.42. The Morgan fingerprint density at radius 3 is 2.71 bits per heavy atom. The Balaban J connectivity index is 1.91. The summed E-state index contributed by atoms with van der Waals surface area (Å²) in [5.41, 5.74) is 1.23. The summed E-state index contributed by atoms with van der Waals surface area (Å²) >= 11 is 3.34. The second-order valence-electron chi connectivity index (χ2n) is 4.50. The molecule has 1 heterocycles. The fourth-order valence-electron chi connectivity index (χ4n) is 2.21. The molecule has 1 fully saturated rings. The van der Waals surface area contributed by atoms with Gasteiger partial charge in [-0.1, -0.05) is 6.07 Å². The Labute approximate surface area is 111 Å². The minimum absolute atomic E-state index is 0.298. The number of benzene rings is 1. The average molecular weight is 300 g/mol. The van der Waals surface area contributed by atoms with E-state index in [0.29, 0.717) is 11.9 Å². The lowest BCUT2D eigenvalue weighted by Crippen LogP contribution is -2.36. The number of aromatic hydroxyl groups is 1. The first-order chi connectivity index (χ1) is 8.19. The van der Waals surface area contributed by atoms with Crippen LogP contribution in [0.4, 0.5) is 0 Å². The fourth-order valence-corrected chi connectivity index (χ4v) is 2.64. The zero-order valence-corrected chi connectivity index (χ0v) is 11.6. The maximum atomic E-state index is 9.44. The van der Waals surface area contributed by atoms with E-state index >= 15 is 0 Å². The third kappa shape index (κ3) is 3.44. The Hall–Kier alpha value is -0.580. The Morgan fingerprint density at radius 2 is 2.12 bits per heavy atom. The summed E-state index contributed by atoms with van der Waals surface area (Å²) in [5.74, 6) is 0.298. The van der Waals surface area contributed by atoms with Crippen molar-refractivity contribution in [1.82, 2.24) is 4.90 Å². The topological polar surface area (TPSA) is 32.7 Å². The van der Waals surface area contributed by atoms with Gasteiger partial charge >= 0.3 is 0 Å². The summed E-state index contributed by atoms with van der Waals surface area (Å²) in [7, 11) is 1.79. The molecule has 0 radical (unpaired) electrons. The number of phenolic OH excluding ortho intramolecular Hbond substituents is 1. The number of ether oxygens (including phenoxy) is 1. The number of hydrogen-bond acceptors (Lipinski definition) is 3. The molecular formula is C13H18BrNO2. The number of piperidine rings is 1. The predicted octanol–water partition coefficient (Wildman–Crippen LogP) is 2.77. The second-order valence-corrected chi connectivity index (χ2v) is 5.35. The van der Waals surface area contributed by atoms with E-state index in [2.05, 4.69) is 20.8 Å². The standard InChI is InChI=1S/C13H18BrNO2/c1-17-11-4-6-15(7-5-11)9-10-2-3-13(16)12(14)8-10/h2-3,8,11,16H,4-7,9H2,1H3. The summed E-state index contributed by atoms with van der Waals surface area (Å²) in [5, 5.41) is 9.44. The van der Waals surface area contributed by atoms with Crippen molar-refractivity contribution >= 4 is 15.9 Å². The maximum absolute atomic E-state index is 9.44. The molecule has 1 saturated heterocycles. The van der Waals surface area contributed by atoms with E-state index < -0.39 is 0 Å². The summed E-state index contributed by atoms with van der Waals surface area (Å²) in [6.07, 6.45) is 2.64. The van der Waals surface area contributed by atoms with E-state index in [0.717, 1.165) is 36.9 Å². The van der Waals surface area contributed by atoms with Gasteiger partial charge in [-0.15, -0.1) is 0 Å². The van der Waals surface area contributed by atoms with Crippen molar-refractivity contribution in [2.24, 2.45) is 0 Å². The van der Waals surface area contributed by atoms with Gasteiger partial charge in [0, 0.05) is 26.7 Å². The fraction of sp³-hybridized carbons (Fsp3) is 0.538. The molecule has 0 atom stereocenters. The quantitative estimate of drug-likeness (QED) is 0.931. The molecule has 3 nitrogen and oxygen atoms in total. The molecule has 1 aliphatic rings. The molecule has 17 heavy (non-hydrogen) atoms. The molecule has 94 valence electrons. The van der Waals surface area contributed by atoms with E-state index in [1.807, 2.05) is 12.1 Å². The number of phenols is 1. The third-order valence-electron chi connectivity index (χ3n) is 3.29. The minimum Gasteiger partial charge on any atom is -0.507 e. The largest absolute Gasteiger partial charge is 0.507 e. The van der Waals surface area contributed by atoms with Crippen molar-refractivity contribution in [1.29, 1.82) is 0 Å². The van der Waals surface area contributed by atoms with Crippen LogP contribution in [0, 0.1) is 0 Å². The summed E-state index contributed by atoms with van der Waals surface area (Å²) in [6, 6.07) is 5.70. The number of methoxy groups -OCH3 is 1. The highest BCUT2D eigenvalue weighted by Crippen LogP contribution is 2.25. The number of hydrogen-bond donors (Lipinski definition) is 1. The van der Waals surface area contributed by atoms with Crippen LogP contribution < -0.4 is 0 Å². The van der Waals surface area contributed by atoms with Crippen molar-refractivity contribution in [3.05, 3.63) is 28.2 Å². The molecular weight excluding hydrogens is 282 g/mol. The molecule has 0 aromatic heterocycles. The number of halogens is 1. The SMILES string of the molecule is COC1CCN(Cc2ccc(O)c(Br)c2)CC1. The van der Waals surface area contributed by atoms with E-state index in [4.69, 9.17) is 4.74 Å². The lowest BCUT2D eigenvalue weighted by Gasteiger charge is -2.31. The highest BCUT2D eigenvalue weighted by molar-refractivity contribution is 9.10. The maximum Gasteiger partial charge on any atom is 0.129 e. The van der Waals surface area contributed by atoms with Crippen molar-refractivity contribution in [3.63, 3.8) is 0 Å². The van der Waals surface area contributed by atoms with Crippen LogP contribution in [-0.2, 0) is 11.3 Å². The lowest BCUT2D eigenvalue weighted by molar-refractivity contribution is 0.0388. The molecule has 2 rings (SSSR count). The monoisotopic (exact) mass is 299 g/mol. The smallest absolute Gasteiger partial charge is 0.129 e. The first-order valence-electron chi connectivity index (χ1n) is 5.91. The van der Waals surface area contributed by atoms with Gasteiger partial charge in [0.1, 0.15) is 5.75 Å². The average Bonchev–Trinajstić information content (AvgIpc) is 2.35.